The van der Waals surface area contributed by atoms with Crippen LogP contribution in [0, 0.1) is 0 Å². The predicted molar refractivity (Wildman–Crippen MR) is 145 cm³/mol. The third-order valence-electron chi connectivity index (χ3n) is 7.00. The molecule has 190 valence electrons. The number of aryl methyl sites for hydroxylation is 1. The van der Waals surface area contributed by atoms with Crippen LogP contribution in [0.5, 0.6) is 0 Å². The van der Waals surface area contributed by atoms with Crippen molar-refractivity contribution in [2.24, 2.45) is 0 Å². The van der Waals surface area contributed by atoms with Crippen molar-refractivity contribution >= 4 is 35.0 Å². The van der Waals surface area contributed by atoms with Crippen LogP contribution in [0.4, 0.5) is 0 Å². The monoisotopic (exact) mass is 516 g/mol. The number of nitrogens with zero attached hydrogens (tertiary/aromatic N) is 1. The van der Waals surface area contributed by atoms with Gasteiger partial charge >= 0.3 is 0 Å². The van der Waals surface area contributed by atoms with Gasteiger partial charge in [0.05, 0.1) is 0 Å². The molecule has 0 unspecified atom stereocenters. The molecule has 6 heteroatoms. The normalized spacial score (nSPS) is 15.1. The Hall–Kier alpha value is -2.04. The molecule has 4 nitrogen and oxygen atoms in total. The standard InChI is InChI=1S/C29H38Cl2N2O2/c1-4-27(29(35)32-23-9-6-5-7-10-23)33(19-24-25(30)11-8-12-26(24)31)28(34)18-15-21-13-16-22(17-14-21)20(2)3/h8,11-14,16-17,20,23,27H,4-7,9-10,15,18-19H2,1-3H3,(H,32,35)/t27-/m1/s1. The Morgan fingerprint density at radius 2 is 1.63 bits per heavy atom. The SMILES string of the molecule is CC[C@H](C(=O)NC1CCCCC1)N(Cc1c(Cl)cccc1Cl)C(=O)CCc1ccc(C(C)C)cc1. The van der Waals surface area contributed by atoms with Gasteiger partial charge in [-0.15, -0.1) is 0 Å². The Bertz CT molecular complexity index is 964. The highest BCUT2D eigenvalue weighted by molar-refractivity contribution is 6.36. The summed E-state index contributed by atoms with van der Waals surface area (Å²) in [6, 6.07) is 13.4. The molecule has 0 radical (unpaired) electrons. The summed E-state index contributed by atoms with van der Waals surface area (Å²) < 4.78 is 0. The number of carbonyl (C=O) groups is 2. The van der Waals surface area contributed by atoms with Crippen molar-refractivity contribution < 1.29 is 9.59 Å². The molecular formula is C29H38Cl2N2O2. The van der Waals surface area contributed by atoms with Crippen LogP contribution in [0.1, 0.15) is 88.3 Å². The highest BCUT2D eigenvalue weighted by Gasteiger charge is 2.31. The van der Waals surface area contributed by atoms with Gasteiger partial charge in [0.1, 0.15) is 6.04 Å². The third-order valence-corrected chi connectivity index (χ3v) is 7.71. The molecule has 1 N–H and O–H groups in total. The molecule has 2 aromatic rings. The van der Waals surface area contributed by atoms with Crippen molar-refractivity contribution in [3.8, 4) is 0 Å². The van der Waals surface area contributed by atoms with E-state index in [1.807, 2.05) is 6.92 Å². The molecule has 1 fully saturated rings. The van der Waals surface area contributed by atoms with Gasteiger partial charge in [-0.1, -0.05) is 93.6 Å². The summed E-state index contributed by atoms with van der Waals surface area (Å²) in [5, 5.41) is 4.22. The number of halogens is 2. The first-order valence-corrected chi connectivity index (χ1v) is 13.7. The molecule has 2 aromatic carbocycles. The molecule has 1 atom stereocenters. The molecule has 35 heavy (non-hydrogen) atoms. The van der Waals surface area contributed by atoms with Crippen LogP contribution in [0.2, 0.25) is 10.0 Å². The first-order valence-electron chi connectivity index (χ1n) is 12.9. The number of hydrogen-bond donors (Lipinski definition) is 1. The van der Waals surface area contributed by atoms with E-state index < -0.39 is 6.04 Å². The number of amides is 2. The third kappa shape index (κ3) is 7.72. The van der Waals surface area contributed by atoms with Gasteiger partial charge in [-0.25, -0.2) is 0 Å². The smallest absolute Gasteiger partial charge is 0.243 e. The van der Waals surface area contributed by atoms with Gasteiger partial charge in [0, 0.05) is 34.6 Å². The summed E-state index contributed by atoms with van der Waals surface area (Å²) in [6.45, 7) is 6.49. The van der Waals surface area contributed by atoms with Gasteiger partial charge in [-0.3, -0.25) is 9.59 Å². The van der Waals surface area contributed by atoms with Crippen LogP contribution < -0.4 is 5.32 Å². The Labute approximate surface area is 220 Å². The van der Waals surface area contributed by atoms with E-state index >= 15 is 0 Å². The molecule has 0 aliphatic heterocycles. The fraction of sp³-hybridized carbons (Fsp3) is 0.517. The van der Waals surface area contributed by atoms with Crippen molar-refractivity contribution in [2.45, 2.75) is 96.7 Å². The minimum atomic E-state index is -0.569. The minimum Gasteiger partial charge on any atom is -0.352 e. The quantitative estimate of drug-likeness (QED) is 0.359. The summed E-state index contributed by atoms with van der Waals surface area (Å²) in [5.41, 5.74) is 3.06. The van der Waals surface area contributed by atoms with E-state index in [4.69, 9.17) is 23.2 Å². The molecule has 2 amide bonds. The highest BCUT2D eigenvalue weighted by atomic mass is 35.5. The van der Waals surface area contributed by atoms with Crippen molar-refractivity contribution in [3.63, 3.8) is 0 Å². The van der Waals surface area contributed by atoms with Gasteiger partial charge < -0.3 is 10.2 Å². The molecule has 0 saturated heterocycles. The van der Waals surface area contributed by atoms with E-state index in [1.54, 1.807) is 23.1 Å². The Morgan fingerprint density at radius 1 is 1.00 bits per heavy atom. The van der Waals surface area contributed by atoms with E-state index in [0.717, 1.165) is 31.2 Å². The van der Waals surface area contributed by atoms with E-state index in [1.165, 1.54) is 12.0 Å². The Balaban J connectivity index is 1.78. The van der Waals surface area contributed by atoms with Gasteiger partial charge in [-0.2, -0.15) is 0 Å². The second-order valence-corrected chi connectivity index (χ2v) is 10.7. The lowest BCUT2D eigenvalue weighted by Crippen LogP contribution is -2.51. The lowest BCUT2D eigenvalue weighted by Gasteiger charge is -2.33. The van der Waals surface area contributed by atoms with Crippen molar-refractivity contribution in [2.75, 3.05) is 0 Å². The van der Waals surface area contributed by atoms with E-state index in [-0.39, 0.29) is 24.4 Å². The molecule has 0 aromatic heterocycles. The first-order chi connectivity index (χ1) is 16.8. The number of carbonyl (C=O) groups excluding carboxylic acids is 2. The van der Waals surface area contributed by atoms with E-state index in [0.29, 0.717) is 40.8 Å². The maximum Gasteiger partial charge on any atom is 0.243 e. The largest absolute Gasteiger partial charge is 0.352 e. The fourth-order valence-electron chi connectivity index (χ4n) is 4.78. The van der Waals surface area contributed by atoms with Crippen LogP contribution in [0.25, 0.3) is 0 Å². The zero-order valence-electron chi connectivity index (χ0n) is 21.2. The summed E-state index contributed by atoms with van der Waals surface area (Å²) in [7, 11) is 0. The molecule has 1 saturated carbocycles. The maximum atomic E-state index is 13.6. The Kier molecular flexibility index (Phi) is 10.5. The number of benzene rings is 2. The number of hydrogen-bond acceptors (Lipinski definition) is 2. The molecule has 3 rings (SSSR count). The average molecular weight is 518 g/mol. The van der Waals surface area contributed by atoms with Crippen molar-refractivity contribution in [3.05, 3.63) is 69.2 Å². The molecular weight excluding hydrogens is 479 g/mol. The Morgan fingerprint density at radius 3 is 2.20 bits per heavy atom. The van der Waals surface area contributed by atoms with E-state index in [9.17, 15) is 9.59 Å². The lowest BCUT2D eigenvalue weighted by molar-refractivity contribution is -0.141. The summed E-state index contributed by atoms with van der Waals surface area (Å²) in [5.74, 6) is 0.311. The molecule has 0 spiro atoms. The molecule has 1 aliphatic carbocycles. The second-order valence-electron chi connectivity index (χ2n) is 9.89. The van der Waals surface area contributed by atoms with Crippen molar-refractivity contribution in [1.82, 2.24) is 10.2 Å². The minimum absolute atomic E-state index is 0.0698. The van der Waals surface area contributed by atoms with Crippen LogP contribution in [-0.4, -0.2) is 28.8 Å². The lowest BCUT2D eigenvalue weighted by atomic mass is 9.95. The molecule has 0 bridgehead atoms. The van der Waals surface area contributed by atoms with Crippen LogP contribution >= 0.6 is 23.2 Å². The first kappa shape index (κ1) is 27.5. The maximum absolute atomic E-state index is 13.6. The highest BCUT2D eigenvalue weighted by Crippen LogP contribution is 2.28. The summed E-state index contributed by atoms with van der Waals surface area (Å²) in [6.07, 6.45) is 6.94. The number of rotatable bonds is 10. The van der Waals surface area contributed by atoms with Gasteiger partial charge in [0.2, 0.25) is 11.8 Å². The topological polar surface area (TPSA) is 49.4 Å². The van der Waals surface area contributed by atoms with Crippen LogP contribution in [0.15, 0.2) is 42.5 Å². The van der Waals surface area contributed by atoms with Crippen LogP contribution in [-0.2, 0) is 22.6 Å². The number of nitrogens with one attached hydrogen (secondary N) is 1. The van der Waals surface area contributed by atoms with Crippen LogP contribution in [0.3, 0.4) is 0 Å². The molecule has 0 heterocycles. The molecule has 1 aliphatic rings. The zero-order valence-corrected chi connectivity index (χ0v) is 22.7. The van der Waals surface area contributed by atoms with Gasteiger partial charge in [0.25, 0.3) is 0 Å². The van der Waals surface area contributed by atoms with Gasteiger partial charge in [-0.05, 0) is 54.9 Å². The second kappa shape index (κ2) is 13.3. The fourth-order valence-corrected chi connectivity index (χ4v) is 5.30. The summed E-state index contributed by atoms with van der Waals surface area (Å²) in [4.78, 5) is 28.6. The van der Waals surface area contributed by atoms with Gasteiger partial charge in [0.15, 0.2) is 0 Å². The zero-order chi connectivity index (χ0) is 25.4. The van der Waals surface area contributed by atoms with E-state index in [2.05, 4.69) is 43.4 Å². The average Bonchev–Trinajstić information content (AvgIpc) is 2.85. The summed E-state index contributed by atoms with van der Waals surface area (Å²) >= 11 is 12.9. The van der Waals surface area contributed by atoms with Crippen molar-refractivity contribution in [1.29, 1.82) is 0 Å². The predicted octanol–water partition coefficient (Wildman–Crippen LogP) is 7.31.